The summed E-state index contributed by atoms with van der Waals surface area (Å²) in [7, 11) is -3.68. The van der Waals surface area contributed by atoms with Crippen LogP contribution in [0.15, 0.2) is 23.1 Å². The summed E-state index contributed by atoms with van der Waals surface area (Å²) in [5, 5.41) is 9.05. The van der Waals surface area contributed by atoms with Crippen molar-refractivity contribution in [2.24, 2.45) is 0 Å². The molecule has 1 aliphatic carbocycles. The number of amides is 1. The summed E-state index contributed by atoms with van der Waals surface area (Å²) in [6.45, 7) is 5.52. The number of sulfonamides is 1. The molecule has 2 rings (SSSR count). The molecule has 0 bridgehead atoms. The highest BCUT2D eigenvalue weighted by Crippen LogP contribution is 2.29. The summed E-state index contributed by atoms with van der Waals surface area (Å²) in [5.41, 5.74) is 0.862. The van der Waals surface area contributed by atoms with E-state index in [2.05, 4.69) is 0 Å². The molecule has 1 aliphatic rings. The SMILES string of the molecule is CCN(CC)S(=O)(=O)c1ccc(C)c(C(=O)N(CC(=O)O)C2CC2)c1. The maximum Gasteiger partial charge on any atom is 0.323 e. The van der Waals surface area contributed by atoms with E-state index in [9.17, 15) is 18.0 Å². The summed E-state index contributed by atoms with van der Waals surface area (Å²) in [5.74, 6) is -1.51. The maximum atomic E-state index is 12.8. The molecule has 0 aliphatic heterocycles. The van der Waals surface area contributed by atoms with Crippen molar-refractivity contribution >= 4 is 21.9 Å². The van der Waals surface area contributed by atoms with Gasteiger partial charge in [0.2, 0.25) is 10.0 Å². The van der Waals surface area contributed by atoms with E-state index in [0.29, 0.717) is 18.7 Å². The number of benzene rings is 1. The van der Waals surface area contributed by atoms with Crippen molar-refractivity contribution in [3.8, 4) is 0 Å². The van der Waals surface area contributed by atoms with Gasteiger partial charge in [-0.25, -0.2) is 8.42 Å². The number of hydrogen-bond donors (Lipinski definition) is 1. The predicted molar refractivity (Wildman–Crippen MR) is 93.0 cm³/mol. The van der Waals surface area contributed by atoms with E-state index in [1.807, 2.05) is 0 Å². The third-order valence-electron chi connectivity index (χ3n) is 4.34. The molecule has 0 spiro atoms. The van der Waals surface area contributed by atoms with Gasteiger partial charge in [-0.05, 0) is 37.5 Å². The lowest BCUT2D eigenvalue weighted by molar-refractivity contribution is -0.137. The highest BCUT2D eigenvalue weighted by Gasteiger charge is 2.35. The van der Waals surface area contributed by atoms with E-state index < -0.39 is 21.9 Å². The fourth-order valence-electron chi connectivity index (χ4n) is 2.76. The van der Waals surface area contributed by atoms with Crippen LogP contribution in [0.2, 0.25) is 0 Å². The van der Waals surface area contributed by atoms with E-state index in [4.69, 9.17) is 5.11 Å². The summed E-state index contributed by atoms with van der Waals surface area (Å²) >= 11 is 0. The monoisotopic (exact) mass is 368 g/mol. The first kappa shape index (κ1) is 19.4. The van der Waals surface area contributed by atoms with Gasteiger partial charge in [0.15, 0.2) is 0 Å². The highest BCUT2D eigenvalue weighted by atomic mass is 32.2. The molecule has 0 heterocycles. The third kappa shape index (κ3) is 4.19. The van der Waals surface area contributed by atoms with Crippen LogP contribution in [0.1, 0.15) is 42.6 Å². The minimum Gasteiger partial charge on any atom is -0.480 e. The number of carboxylic acid groups (broad SMARTS) is 1. The number of aryl methyl sites for hydroxylation is 1. The molecule has 1 aromatic carbocycles. The molecule has 0 atom stereocenters. The minimum absolute atomic E-state index is 0.0521. The standard InChI is InChI=1S/C17H24N2O5S/c1-4-18(5-2)25(23,24)14-9-6-12(3)15(10-14)17(22)19(11-16(20)21)13-7-8-13/h6,9-10,13H,4-5,7-8,11H2,1-3H3,(H,20,21). The van der Waals surface area contributed by atoms with Crippen molar-refractivity contribution in [3.05, 3.63) is 29.3 Å². The lowest BCUT2D eigenvalue weighted by atomic mass is 10.1. The Hall–Kier alpha value is -1.93. The molecule has 0 unspecified atom stereocenters. The van der Waals surface area contributed by atoms with Crippen molar-refractivity contribution in [2.45, 2.75) is 44.6 Å². The van der Waals surface area contributed by atoms with Crippen LogP contribution in [0.3, 0.4) is 0 Å². The number of carbonyl (C=O) groups excluding carboxylic acids is 1. The molecule has 7 nitrogen and oxygen atoms in total. The van der Waals surface area contributed by atoms with Gasteiger partial charge in [-0.3, -0.25) is 9.59 Å². The lowest BCUT2D eigenvalue weighted by Crippen LogP contribution is -2.38. The fourth-order valence-corrected chi connectivity index (χ4v) is 4.24. The minimum atomic E-state index is -3.68. The summed E-state index contributed by atoms with van der Waals surface area (Å²) in [6.07, 6.45) is 1.55. The number of hydrogen-bond acceptors (Lipinski definition) is 4. The first-order valence-corrected chi connectivity index (χ1v) is 9.79. The van der Waals surface area contributed by atoms with E-state index in [-0.39, 0.29) is 23.0 Å². The molecular formula is C17H24N2O5S. The summed E-state index contributed by atoms with van der Waals surface area (Å²) < 4.78 is 26.7. The first-order chi connectivity index (χ1) is 11.7. The van der Waals surface area contributed by atoms with Gasteiger partial charge in [0.05, 0.1) is 4.90 Å². The molecular weight excluding hydrogens is 344 g/mol. The molecule has 1 fully saturated rings. The average molecular weight is 368 g/mol. The van der Waals surface area contributed by atoms with Gasteiger partial charge in [-0.1, -0.05) is 19.9 Å². The molecule has 0 saturated heterocycles. The molecule has 1 aromatic rings. The molecule has 138 valence electrons. The molecule has 0 aromatic heterocycles. The first-order valence-electron chi connectivity index (χ1n) is 8.35. The van der Waals surface area contributed by atoms with Crippen molar-refractivity contribution in [3.63, 3.8) is 0 Å². The quantitative estimate of drug-likeness (QED) is 0.754. The number of nitrogens with zero attached hydrogens (tertiary/aromatic N) is 2. The molecule has 0 radical (unpaired) electrons. The molecule has 1 N–H and O–H groups in total. The Morgan fingerprint density at radius 3 is 2.28 bits per heavy atom. The average Bonchev–Trinajstić information content (AvgIpc) is 3.37. The van der Waals surface area contributed by atoms with E-state index in [0.717, 1.165) is 12.8 Å². The van der Waals surface area contributed by atoms with Crippen LogP contribution < -0.4 is 0 Å². The normalized spacial score (nSPS) is 14.6. The third-order valence-corrected chi connectivity index (χ3v) is 6.38. The van der Waals surface area contributed by atoms with Gasteiger partial charge >= 0.3 is 5.97 Å². The summed E-state index contributed by atoms with van der Waals surface area (Å²) in [6, 6.07) is 4.36. The van der Waals surface area contributed by atoms with Crippen LogP contribution >= 0.6 is 0 Å². The number of rotatable bonds is 8. The van der Waals surface area contributed by atoms with Crippen molar-refractivity contribution < 1.29 is 23.1 Å². The van der Waals surface area contributed by atoms with Crippen LogP contribution in [0.25, 0.3) is 0 Å². The second-order valence-electron chi connectivity index (χ2n) is 6.12. The Morgan fingerprint density at radius 2 is 1.80 bits per heavy atom. The number of aliphatic carboxylic acids is 1. The molecule has 1 amide bonds. The van der Waals surface area contributed by atoms with Crippen LogP contribution in [0.4, 0.5) is 0 Å². The van der Waals surface area contributed by atoms with E-state index >= 15 is 0 Å². The topological polar surface area (TPSA) is 95.0 Å². The molecule has 8 heteroatoms. The van der Waals surface area contributed by atoms with Gasteiger partial charge in [0, 0.05) is 24.7 Å². The Bertz CT molecular complexity index is 767. The second kappa shape index (κ2) is 7.53. The second-order valence-corrected chi connectivity index (χ2v) is 8.06. The van der Waals surface area contributed by atoms with Crippen LogP contribution in [-0.2, 0) is 14.8 Å². The number of carbonyl (C=O) groups is 2. The molecule has 25 heavy (non-hydrogen) atoms. The van der Waals surface area contributed by atoms with Crippen molar-refractivity contribution in [2.75, 3.05) is 19.6 Å². The van der Waals surface area contributed by atoms with E-state index in [1.54, 1.807) is 26.8 Å². The lowest BCUT2D eigenvalue weighted by Gasteiger charge is -2.23. The smallest absolute Gasteiger partial charge is 0.323 e. The van der Waals surface area contributed by atoms with Crippen molar-refractivity contribution in [1.29, 1.82) is 0 Å². The molecule has 1 saturated carbocycles. The zero-order valence-electron chi connectivity index (χ0n) is 14.7. The Labute approximate surface area is 148 Å². The van der Waals surface area contributed by atoms with Crippen LogP contribution in [-0.4, -0.2) is 60.3 Å². The predicted octanol–water partition coefficient (Wildman–Crippen LogP) is 1.71. The van der Waals surface area contributed by atoms with Gasteiger partial charge < -0.3 is 10.0 Å². The van der Waals surface area contributed by atoms with Crippen LogP contribution in [0, 0.1) is 6.92 Å². The zero-order valence-corrected chi connectivity index (χ0v) is 15.5. The van der Waals surface area contributed by atoms with Gasteiger partial charge in [-0.2, -0.15) is 4.31 Å². The maximum absolute atomic E-state index is 12.8. The van der Waals surface area contributed by atoms with Gasteiger partial charge in [-0.15, -0.1) is 0 Å². The highest BCUT2D eigenvalue weighted by molar-refractivity contribution is 7.89. The van der Waals surface area contributed by atoms with Crippen molar-refractivity contribution in [1.82, 2.24) is 9.21 Å². The fraction of sp³-hybridized carbons (Fsp3) is 0.529. The van der Waals surface area contributed by atoms with Gasteiger partial charge in [0.1, 0.15) is 6.54 Å². The summed E-state index contributed by atoms with van der Waals surface area (Å²) in [4.78, 5) is 25.3. The zero-order chi connectivity index (χ0) is 18.8. The Kier molecular flexibility index (Phi) is 5.84. The number of carboxylic acids is 1. The van der Waals surface area contributed by atoms with E-state index in [1.165, 1.54) is 21.3 Å². The Morgan fingerprint density at radius 1 is 1.20 bits per heavy atom. The largest absolute Gasteiger partial charge is 0.480 e. The van der Waals surface area contributed by atoms with Gasteiger partial charge in [0.25, 0.3) is 5.91 Å². The Balaban J connectivity index is 2.41. The van der Waals surface area contributed by atoms with Crippen LogP contribution in [0.5, 0.6) is 0 Å².